The number of nitrogens with zero attached hydrogens (tertiary/aromatic N) is 2. The van der Waals surface area contributed by atoms with Crippen LogP contribution in [0, 0.1) is 5.82 Å². The molecular formula is C26H18F4N2O4S3. The van der Waals surface area contributed by atoms with Gasteiger partial charge in [0.2, 0.25) is 5.91 Å². The van der Waals surface area contributed by atoms with Gasteiger partial charge in [0, 0.05) is 30.6 Å². The SMILES string of the molecule is CN(C(=O)CCN1C(=O)C(=Cc2cc(-c3ccc(F)c(C(F)(F)F)c3)cs2)SC1=S)c1ccc(C(=O)O)cc1. The quantitative estimate of drug-likeness (QED) is 0.191. The molecule has 0 spiro atoms. The number of halogens is 4. The minimum absolute atomic E-state index is 0.0316. The Kier molecular flexibility index (Phi) is 8.23. The fraction of sp³-hybridized carbons (Fsp3) is 0.154. The Balaban J connectivity index is 1.42. The van der Waals surface area contributed by atoms with E-state index in [0.29, 0.717) is 21.0 Å². The van der Waals surface area contributed by atoms with E-state index in [4.69, 9.17) is 17.3 Å². The van der Waals surface area contributed by atoms with Gasteiger partial charge in [-0.3, -0.25) is 14.5 Å². The summed E-state index contributed by atoms with van der Waals surface area (Å²) in [6.45, 7) is 0.0316. The van der Waals surface area contributed by atoms with Crippen molar-refractivity contribution in [2.24, 2.45) is 0 Å². The number of carbonyl (C=O) groups excluding carboxylic acids is 2. The third kappa shape index (κ3) is 6.37. The first-order valence-corrected chi connectivity index (χ1v) is 13.3. The van der Waals surface area contributed by atoms with E-state index in [9.17, 15) is 31.9 Å². The molecule has 1 fully saturated rings. The zero-order chi connectivity index (χ0) is 28.5. The van der Waals surface area contributed by atoms with Gasteiger partial charge in [0.05, 0.1) is 16.0 Å². The van der Waals surface area contributed by atoms with Crippen molar-refractivity contribution >= 4 is 69.2 Å². The predicted molar refractivity (Wildman–Crippen MR) is 146 cm³/mol. The molecule has 1 saturated heterocycles. The lowest BCUT2D eigenvalue weighted by molar-refractivity contribution is -0.140. The minimum atomic E-state index is -4.83. The molecule has 2 amide bonds. The van der Waals surface area contributed by atoms with Crippen LogP contribution in [0.5, 0.6) is 0 Å². The number of amides is 2. The number of benzene rings is 2. The number of hydrogen-bond acceptors (Lipinski definition) is 6. The normalized spacial score (nSPS) is 14.8. The molecule has 0 bridgehead atoms. The van der Waals surface area contributed by atoms with E-state index >= 15 is 0 Å². The van der Waals surface area contributed by atoms with Gasteiger partial charge in [0.15, 0.2) is 0 Å². The molecule has 2 heterocycles. The van der Waals surface area contributed by atoms with E-state index in [1.807, 2.05) is 0 Å². The summed E-state index contributed by atoms with van der Waals surface area (Å²) in [6.07, 6.45) is -3.29. The third-order valence-electron chi connectivity index (χ3n) is 5.80. The van der Waals surface area contributed by atoms with Crippen LogP contribution in [0.3, 0.4) is 0 Å². The maximum atomic E-state index is 13.6. The molecule has 4 rings (SSSR count). The number of carboxylic acid groups (broad SMARTS) is 1. The first kappa shape index (κ1) is 28.5. The largest absolute Gasteiger partial charge is 0.478 e. The number of rotatable bonds is 7. The van der Waals surface area contributed by atoms with Crippen molar-refractivity contribution in [1.82, 2.24) is 4.90 Å². The van der Waals surface area contributed by atoms with Gasteiger partial charge in [-0.05, 0) is 65.0 Å². The third-order valence-corrected chi connectivity index (χ3v) is 8.05. The van der Waals surface area contributed by atoms with E-state index in [-0.39, 0.29) is 34.3 Å². The molecule has 202 valence electrons. The first-order chi connectivity index (χ1) is 18.3. The van der Waals surface area contributed by atoms with E-state index in [1.54, 1.807) is 17.5 Å². The average molecular weight is 595 g/mol. The second kappa shape index (κ2) is 11.3. The highest BCUT2D eigenvalue weighted by molar-refractivity contribution is 8.26. The van der Waals surface area contributed by atoms with Crippen molar-refractivity contribution in [3.8, 4) is 11.1 Å². The van der Waals surface area contributed by atoms with Crippen LogP contribution >= 0.6 is 35.3 Å². The van der Waals surface area contributed by atoms with Crippen molar-refractivity contribution in [2.75, 3.05) is 18.5 Å². The molecule has 0 aliphatic carbocycles. The second-order valence-corrected chi connectivity index (χ2v) is 10.9. The maximum absolute atomic E-state index is 13.6. The number of thiophene rings is 1. The molecule has 0 unspecified atom stereocenters. The summed E-state index contributed by atoms with van der Waals surface area (Å²) in [5.41, 5.74) is -0.145. The summed E-state index contributed by atoms with van der Waals surface area (Å²) in [5.74, 6) is -3.15. The van der Waals surface area contributed by atoms with Crippen molar-refractivity contribution in [3.63, 3.8) is 0 Å². The first-order valence-electron chi connectivity index (χ1n) is 11.2. The highest BCUT2D eigenvalue weighted by Gasteiger charge is 2.35. The Labute approximate surface area is 233 Å². The Bertz CT molecular complexity index is 1500. The number of thiocarbonyl (C=S) groups is 1. The molecule has 1 aliphatic heterocycles. The lowest BCUT2D eigenvalue weighted by Crippen LogP contribution is -2.34. The molecule has 39 heavy (non-hydrogen) atoms. The van der Waals surface area contributed by atoms with Gasteiger partial charge in [-0.2, -0.15) is 13.2 Å². The monoisotopic (exact) mass is 594 g/mol. The summed E-state index contributed by atoms with van der Waals surface area (Å²) in [5, 5.41) is 10.6. The Morgan fingerprint density at radius 1 is 1.10 bits per heavy atom. The molecule has 0 atom stereocenters. The number of hydrogen-bond donors (Lipinski definition) is 1. The van der Waals surface area contributed by atoms with Crippen LogP contribution in [-0.2, 0) is 15.8 Å². The van der Waals surface area contributed by atoms with Crippen LogP contribution in [0.15, 0.2) is 58.8 Å². The molecule has 6 nitrogen and oxygen atoms in total. The molecule has 1 N–H and O–H groups in total. The zero-order valence-corrected chi connectivity index (χ0v) is 22.4. The Hall–Kier alpha value is -3.55. The van der Waals surface area contributed by atoms with Gasteiger partial charge in [-0.1, -0.05) is 30.0 Å². The number of alkyl halides is 3. The molecular weight excluding hydrogens is 576 g/mol. The highest BCUT2D eigenvalue weighted by atomic mass is 32.2. The summed E-state index contributed by atoms with van der Waals surface area (Å²) in [4.78, 5) is 40.2. The van der Waals surface area contributed by atoms with Gasteiger partial charge < -0.3 is 10.0 Å². The molecule has 3 aromatic rings. The highest BCUT2D eigenvalue weighted by Crippen LogP contribution is 2.37. The van der Waals surface area contributed by atoms with Crippen LogP contribution in [0.25, 0.3) is 17.2 Å². The molecule has 13 heteroatoms. The van der Waals surface area contributed by atoms with Crippen LogP contribution < -0.4 is 4.90 Å². The lowest BCUT2D eigenvalue weighted by atomic mass is 10.0. The van der Waals surface area contributed by atoms with Crippen molar-refractivity contribution in [3.05, 3.63) is 80.6 Å². The maximum Gasteiger partial charge on any atom is 0.419 e. The van der Waals surface area contributed by atoms with E-state index < -0.39 is 29.4 Å². The van der Waals surface area contributed by atoms with Gasteiger partial charge in [0.1, 0.15) is 10.1 Å². The van der Waals surface area contributed by atoms with E-state index in [0.717, 1.165) is 23.9 Å². The Morgan fingerprint density at radius 2 is 1.79 bits per heavy atom. The zero-order valence-electron chi connectivity index (χ0n) is 20.0. The Morgan fingerprint density at radius 3 is 2.44 bits per heavy atom. The molecule has 2 aromatic carbocycles. The molecule has 0 saturated carbocycles. The number of carbonyl (C=O) groups is 3. The van der Waals surface area contributed by atoms with E-state index in [2.05, 4.69) is 0 Å². The summed E-state index contributed by atoms with van der Waals surface area (Å²) < 4.78 is 53.1. The fourth-order valence-corrected chi connectivity index (χ4v) is 5.89. The average Bonchev–Trinajstić information content (AvgIpc) is 3.45. The van der Waals surface area contributed by atoms with Crippen molar-refractivity contribution in [1.29, 1.82) is 0 Å². The number of carboxylic acids is 1. The second-order valence-electron chi connectivity index (χ2n) is 8.32. The summed E-state index contributed by atoms with van der Waals surface area (Å²) in [7, 11) is 1.54. The van der Waals surface area contributed by atoms with Crippen LogP contribution in [0.1, 0.15) is 27.2 Å². The summed E-state index contributed by atoms with van der Waals surface area (Å²) in [6, 6.07) is 10.2. The minimum Gasteiger partial charge on any atom is -0.478 e. The number of thioether (sulfide) groups is 1. The predicted octanol–water partition coefficient (Wildman–Crippen LogP) is 6.53. The smallest absolute Gasteiger partial charge is 0.419 e. The van der Waals surface area contributed by atoms with Crippen LogP contribution in [0.2, 0.25) is 0 Å². The summed E-state index contributed by atoms with van der Waals surface area (Å²) >= 11 is 7.56. The van der Waals surface area contributed by atoms with Gasteiger partial charge >= 0.3 is 12.1 Å². The van der Waals surface area contributed by atoms with Gasteiger partial charge in [-0.25, -0.2) is 9.18 Å². The van der Waals surface area contributed by atoms with E-state index in [1.165, 1.54) is 58.5 Å². The fourth-order valence-electron chi connectivity index (χ4n) is 3.67. The number of aromatic carboxylic acids is 1. The van der Waals surface area contributed by atoms with Gasteiger partial charge in [0.25, 0.3) is 5.91 Å². The molecule has 0 radical (unpaired) electrons. The van der Waals surface area contributed by atoms with Crippen molar-refractivity contribution in [2.45, 2.75) is 12.6 Å². The van der Waals surface area contributed by atoms with Gasteiger partial charge in [-0.15, -0.1) is 11.3 Å². The lowest BCUT2D eigenvalue weighted by Gasteiger charge is -2.20. The molecule has 1 aliphatic rings. The number of anilines is 1. The topological polar surface area (TPSA) is 77.9 Å². The van der Waals surface area contributed by atoms with Crippen LogP contribution in [0.4, 0.5) is 23.2 Å². The molecule has 1 aromatic heterocycles. The standard InChI is InChI=1S/C26H18F4N2O4S3/c1-31(17-5-2-14(3-6-17)24(35)36)22(33)8-9-32-23(34)21(39-25(32)37)12-18-10-16(13-38-18)15-4-7-20(27)19(11-15)26(28,29)30/h2-7,10-13H,8-9H2,1H3,(H,35,36). The van der Waals surface area contributed by atoms with Crippen molar-refractivity contribution < 1.29 is 37.1 Å². The van der Waals surface area contributed by atoms with Crippen LogP contribution in [-0.4, -0.2) is 45.7 Å².